The molecule has 4 nitrogen and oxygen atoms in total. The van der Waals surface area contributed by atoms with Crippen molar-refractivity contribution in [2.45, 2.75) is 13.8 Å². The first kappa shape index (κ1) is 9.33. The zero-order chi connectivity index (χ0) is 10.1. The molecule has 1 aromatic carbocycles. The molecule has 0 saturated heterocycles. The Morgan fingerprint density at radius 3 is 2.64 bits per heavy atom. The van der Waals surface area contributed by atoms with E-state index in [2.05, 4.69) is 44.4 Å². The van der Waals surface area contributed by atoms with Gasteiger partial charge in [0.15, 0.2) is 0 Å². The Labute approximate surface area is 90.1 Å². The van der Waals surface area contributed by atoms with Gasteiger partial charge in [-0.2, -0.15) is 4.68 Å². The van der Waals surface area contributed by atoms with Crippen molar-refractivity contribution in [2.24, 2.45) is 0 Å². The first-order valence-corrected chi connectivity index (χ1v) is 4.99. The largest absolute Gasteiger partial charge is 0.222 e. The van der Waals surface area contributed by atoms with Crippen LogP contribution in [-0.2, 0) is 0 Å². The molecule has 0 spiro atoms. The van der Waals surface area contributed by atoms with E-state index >= 15 is 0 Å². The summed E-state index contributed by atoms with van der Waals surface area (Å²) in [6, 6.07) is 6.14. The van der Waals surface area contributed by atoms with E-state index in [4.69, 9.17) is 0 Å². The lowest BCUT2D eigenvalue weighted by molar-refractivity contribution is 0.779. The summed E-state index contributed by atoms with van der Waals surface area (Å²) in [6.07, 6.45) is 0. The second-order valence-electron chi connectivity index (χ2n) is 3.15. The molecule has 1 heterocycles. The lowest BCUT2D eigenvalue weighted by Crippen LogP contribution is -2.00. The number of nitrogens with zero attached hydrogens (tertiary/aromatic N) is 4. The maximum atomic E-state index is 3.89. The van der Waals surface area contributed by atoms with Gasteiger partial charge >= 0.3 is 0 Å². The summed E-state index contributed by atoms with van der Waals surface area (Å²) >= 11 is 3.28. The fraction of sp³-hybridized carbons (Fsp3) is 0.222. The van der Waals surface area contributed by atoms with E-state index in [-0.39, 0.29) is 0 Å². The molecular formula is C9H9BrN4. The SMILES string of the molecule is Cc1ccc(-n2nnnc2Br)c(C)c1. The van der Waals surface area contributed by atoms with Crippen LogP contribution in [-0.4, -0.2) is 20.2 Å². The number of hydrogen-bond acceptors (Lipinski definition) is 3. The molecule has 0 unspecified atom stereocenters. The fourth-order valence-corrected chi connectivity index (χ4v) is 1.70. The quantitative estimate of drug-likeness (QED) is 0.781. The van der Waals surface area contributed by atoms with Gasteiger partial charge in [-0.15, -0.1) is 5.10 Å². The third-order valence-corrected chi connectivity index (χ3v) is 2.51. The average molecular weight is 253 g/mol. The van der Waals surface area contributed by atoms with E-state index in [1.54, 1.807) is 4.68 Å². The van der Waals surface area contributed by atoms with E-state index in [1.807, 2.05) is 19.1 Å². The molecule has 5 heteroatoms. The van der Waals surface area contributed by atoms with Crippen LogP contribution in [0, 0.1) is 13.8 Å². The van der Waals surface area contributed by atoms with Gasteiger partial charge in [0, 0.05) is 0 Å². The molecule has 0 fully saturated rings. The molecule has 72 valence electrons. The Morgan fingerprint density at radius 1 is 1.29 bits per heavy atom. The summed E-state index contributed by atoms with van der Waals surface area (Å²) in [5.41, 5.74) is 3.38. The van der Waals surface area contributed by atoms with Crippen LogP contribution in [0.15, 0.2) is 22.9 Å². The molecule has 0 N–H and O–H groups in total. The molecule has 14 heavy (non-hydrogen) atoms. The Balaban J connectivity index is 2.58. The normalized spacial score (nSPS) is 10.5. The van der Waals surface area contributed by atoms with Crippen LogP contribution >= 0.6 is 15.9 Å². The molecule has 0 atom stereocenters. The monoisotopic (exact) mass is 252 g/mol. The highest BCUT2D eigenvalue weighted by atomic mass is 79.9. The number of halogens is 1. The third kappa shape index (κ3) is 1.55. The summed E-state index contributed by atoms with van der Waals surface area (Å²) in [6.45, 7) is 4.10. The molecular weight excluding hydrogens is 244 g/mol. The average Bonchev–Trinajstić information content (AvgIpc) is 2.52. The van der Waals surface area contributed by atoms with Crippen molar-refractivity contribution in [2.75, 3.05) is 0 Å². The first-order chi connectivity index (χ1) is 6.68. The number of aromatic nitrogens is 4. The maximum Gasteiger partial charge on any atom is 0.222 e. The molecule has 0 aliphatic carbocycles. The molecule has 0 bridgehead atoms. The lowest BCUT2D eigenvalue weighted by atomic mass is 10.1. The highest BCUT2D eigenvalue weighted by Gasteiger charge is 2.06. The second-order valence-corrected chi connectivity index (χ2v) is 3.86. The Morgan fingerprint density at radius 2 is 2.07 bits per heavy atom. The number of hydrogen-bond donors (Lipinski definition) is 0. The molecule has 0 saturated carbocycles. The lowest BCUT2D eigenvalue weighted by Gasteiger charge is -2.05. The number of benzene rings is 1. The molecule has 0 amide bonds. The molecule has 2 rings (SSSR count). The molecule has 0 aliphatic rings. The van der Waals surface area contributed by atoms with Crippen LogP contribution in [0.5, 0.6) is 0 Å². The van der Waals surface area contributed by atoms with E-state index in [0.717, 1.165) is 11.3 Å². The van der Waals surface area contributed by atoms with Gasteiger partial charge in [0.05, 0.1) is 5.69 Å². The Bertz CT molecular complexity index is 464. The van der Waals surface area contributed by atoms with Crippen LogP contribution < -0.4 is 0 Å². The summed E-state index contributed by atoms with van der Waals surface area (Å²) in [7, 11) is 0. The van der Waals surface area contributed by atoms with Gasteiger partial charge in [0.1, 0.15) is 0 Å². The molecule has 0 aliphatic heterocycles. The zero-order valence-corrected chi connectivity index (χ0v) is 9.48. The summed E-state index contributed by atoms with van der Waals surface area (Å²) in [4.78, 5) is 0. The van der Waals surface area contributed by atoms with Crippen molar-refractivity contribution in [1.29, 1.82) is 0 Å². The molecule has 0 radical (unpaired) electrons. The van der Waals surface area contributed by atoms with Crippen LogP contribution in [0.4, 0.5) is 0 Å². The van der Waals surface area contributed by atoms with Crippen molar-refractivity contribution < 1.29 is 0 Å². The van der Waals surface area contributed by atoms with Gasteiger partial charge < -0.3 is 0 Å². The minimum Gasteiger partial charge on any atom is -0.187 e. The van der Waals surface area contributed by atoms with Gasteiger partial charge in [-0.25, -0.2) is 0 Å². The van der Waals surface area contributed by atoms with E-state index in [9.17, 15) is 0 Å². The molecule has 1 aromatic heterocycles. The Hall–Kier alpha value is -1.23. The summed E-state index contributed by atoms with van der Waals surface area (Å²) in [5, 5.41) is 11.2. The number of rotatable bonds is 1. The van der Waals surface area contributed by atoms with Gasteiger partial charge in [-0.3, -0.25) is 0 Å². The van der Waals surface area contributed by atoms with Crippen LogP contribution in [0.25, 0.3) is 5.69 Å². The van der Waals surface area contributed by atoms with Gasteiger partial charge in [-0.1, -0.05) is 17.7 Å². The number of tetrazole rings is 1. The van der Waals surface area contributed by atoms with Crippen LogP contribution in [0.1, 0.15) is 11.1 Å². The Kier molecular flexibility index (Phi) is 2.33. The van der Waals surface area contributed by atoms with Crippen molar-refractivity contribution in [3.8, 4) is 5.69 Å². The standard InChI is InChI=1S/C9H9BrN4/c1-6-3-4-8(7(2)5-6)14-9(10)11-12-13-14/h3-5H,1-2H3. The van der Waals surface area contributed by atoms with E-state index in [0.29, 0.717) is 4.73 Å². The highest BCUT2D eigenvalue weighted by molar-refractivity contribution is 9.10. The highest BCUT2D eigenvalue weighted by Crippen LogP contribution is 2.17. The zero-order valence-electron chi connectivity index (χ0n) is 7.90. The maximum absolute atomic E-state index is 3.89. The predicted octanol–water partition coefficient (Wildman–Crippen LogP) is 2.04. The van der Waals surface area contributed by atoms with Crippen molar-refractivity contribution in [3.05, 3.63) is 34.1 Å². The second kappa shape index (κ2) is 3.49. The van der Waals surface area contributed by atoms with Crippen molar-refractivity contribution >= 4 is 15.9 Å². The van der Waals surface area contributed by atoms with Crippen LogP contribution in [0.3, 0.4) is 0 Å². The minimum absolute atomic E-state index is 0.615. The minimum atomic E-state index is 0.615. The van der Waals surface area contributed by atoms with Gasteiger partial charge in [0.2, 0.25) is 4.73 Å². The summed E-state index contributed by atoms with van der Waals surface area (Å²) in [5.74, 6) is 0. The molecule has 2 aromatic rings. The van der Waals surface area contributed by atoms with E-state index < -0.39 is 0 Å². The summed E-state index contributed by atoms with van der Waals surface area (Å²) < 4.78 is 2.28. The van der Waals surface area contributed by atoms with E-state index in [1.165, 1.54) is 5.56 Å². The smallest absolute Gasteiger partial charge is 0.187 e. The number of aryl methyl sites for hydroxylation is 2. The predicted molar refractivity (Wildman–Crippen MR) is 56.3 cm³/mol. The van der Waals surface area contributed by atoms with Crippen LogP contribution in [0.2, 0.25) is 0 Å². The van der Waals surface area contributed by atoms with Gasteiger partial charge in [-0.05, 0) is 51.8 Å². The topological polar surface area (TPSA) is 43.6 Å². The third-order valence-electron chi connectivity index (χ3n) is 2.01. The van der Waals surface area contributed by atoms with Crippen molar-refractivity contribution in [1.82, 2.24) is 20.2 Å². The fourth-order valence-electron chi connectivity index (χ4n) is 1.37. The van der Waals surface area contributed by atoms with Gasteiger partial charge in [0.25, 0.3) is 0 Å². The first-order valence-electron chi connectivity index (χ1n) is 4.20. The van der Waals surface area contributed by atoms with Crippen molar-refractivity contribution in [3.63, 3.8) is 0 Å².